The zero-order valence-corrected chi connectivity index (χ0v) is 18.2. The number of nitrogens with zero attached hydrogens (tertiary/aromatic N) is 4. The fourth-order valence-corrected chi connectivity index (χ4v) is 4.40. The molecule has 1 fully saturated rings. The van der Waals surface area contributed by atoms with E-state index in [0.29, 0.717) is 12.5 Å². The van der Waals surface area contributed by atoms with Crippen molar-refractivity contribution in [2.45, 2.75) is 18.8 Å². The number of piperidine rings is 1. The normalized spacial score (nSPS) is 16.7. The first kappa shape index (κ1) is 20.5. The molecule has 2 N–H and O–H groups in total. The number of rotatable bonds is 5. The second-order valence-corrected chi connectivity index (χ2v) is 8.35. The number of aromatic nitrogens is 3. The quantitative estimate of drug-likeness (QED) is 0.660. The Hall–Kier alpha value is -3.45. The van der Waals surface area contributed by atoms with Crippen molar-refractivity contribution in [1.29, 1.82) is 0 Å². The first-order valence-electron chi connectivity index (χ1n) is 10.9. The number of pyridine rings is 1. The molecule has 1 saturated heterocycles. The van der Waals surface area contributed by atoms with Gasteiger partial charge in [0, 0.05) is 53.4 Å². The van der Waals surface area contributed by atoms with Crippen molar-refractivity contribution in [3.8, 4) is 22.6 Å². The fraction of sp³-hybridized carbons (Fsp3) is 0.320. The summed E-state index contributed by atoms with van der Waals surface area (Å²) in [4.78, 5) is 15.4. The van der Waals surface area contributed by atoms with Gasteiger partial charge in [0.15, 0.2) is 0 Å². The average Bonchev–Trinajstić information content (AvgIpc) is 2.85. The predicted molar refractivity (Wildman–Crippen MR) is 125 cm³/mol. The van der Waals surface area contributed by atoms with Crippen LogP contribution in [0.5, 0.6) is 11.5 Å². The van der Waals surface area contributed by atoms with Gasteiger partial charge in [0.25, 0.3) is 0 Å². The third-order valence-electron chi connectivity index (χ3n) is 6.21. The second-order valence-electron chi connectivity index (χ2n) is 8.35. The van der Waals surface area contributed by atoms with Gasteiger partial charge in [-0.2, -0.15) is 0 Å². The molecule has 0 aliphatic carbocycles. The topological polar surface area (TPSA) is 86.4 Å². The lowest BCUT2D eigenvalue weighted by molar-refractivity contribution is 0.217. The molecule has 0 amide bonds. The van der Waals surface area contributed by atoms with Crippen LogP contribution in [0.3, 0.4) is 0 Å². The van der Waals surface area contributed by atoms with E-state index >= 15 is 0 Å². The van der Waals surface area contributed by atoms with Gasteiger partial charge in [0.2, 0.25) is 5.95 Å². The average molecular weight is 430 g/mol. The van der Waals surface area contributed by atoms with Crippen molar-refractivity contribution >= 4 is 12.0 Å². The summed E-state index contributed by atoms with van der Waals surface area (Å²) in [6.07, 6.45) is 9.83. The highest BCUT2D eigenvalue weighted by atomic mass is 16.5. The van der Waals surface area contributed by atoms with E-state index in [9.17, 15) is 0 Å². The molecule has 1 aromatic carbocycles. The summed E-state index contributed by atoms with van der Waals surface area (Å²) in [5, 5.41) is 0. The highest BCUT2D eigenvalue weighted by molar-refractivity contribution is 5.64. The number of fused-ring (bicyclic) bond motifs is 1. The Morgan fingerprint density at radius 1 is 1.03 bits per heavy atom. The minimum atomic E-state index is 0.282. The maximum absolute atomic E-state index is 5.95. The van der Waals surface area contributed by atoms with Gasteiger partial charge in [-0.1, -0.05) is 6.07 Å². The van der Waals surface area contributed by atoms with Crippen LogP contribution in [0, 0.1) is 0 Å². The van der Waals surface area contributed by atoms with Crippen LogP contribution in [0.15, 0.2) is 54.5 Å². The van der Waals surface area contributed by atoms with Crippen molar-refractivity contribution in [2.75, 3.05) is 39.1 Å². The van der Waals surface area contributed by atoms with Crippen LogP contribution in [0.2, 0.25) is 0 Å². The molecule has 2 aliphatic heterocycles. The minimum absolute atomic E-state index is 0.282. The first-order chi connectivity index (χ1) is 15.7. The van der Waals surface area contributed by atoms with Gasteiger partial charge < -0.3 is 15.2 Å². The Labute approximate surface area is 187 Å². The molecule has 7 nitrogen and oxygen atoms in total. The van der Waals surface area contributed by atoms with Crippen molar-refractivity contribution < 1.29 is 9.47 Å². The third-order valence-corrected chi connectivity index (χ3v) is 6.21. The summed E-state index contributed by atoms with van der Waals surface area (Å²) in [6, 6.07) is 10.2. The fourth-order valence-electron chi connectivity index (χ4n) is 4.40. The number of likely N-dealkylation sites (tertiary alicyclic amines) is 1. The standard InChI is InChI=1S/C25H27N5O2/c1-31-22-3-5-24-20(11-22)10-17(16-32-24)15-30-8-6-18(7-9-30)23-4-2-19(12-27-23)21-13-28-25(26)29-14-21/h2-5,10-14,18H,6-9,15-16H2,1H3,(H2,26,28,29). The molecular weight excluding hydrogens is 402 g/mol. The highest BCUT2D eigenvalue weighted by Crippen LogP contribution is 2.32. The van der Waals surface area contributed by atoms with Gasteiger partial charge in [-0.25, -0.2) is 9.97 Å². The van der Waals surface area contributed by atoms with Crippen molar-refractivity contribution in [2.24, 2.45) is 0 Å². The van der Waals surface area contributed by atoms with Crippen LogP contribution in [0.25, 0.3) is 17.2 Å². The molecule has 0 saturated carbocycles. The SMILES string of the molecule is COc1ccc2c(c1)C=C(CN1CCC(c3ccc(-c4cnc(N)nc4)cn3)CC1)CO2. The molecule has 0 radical (unpaired) electrons. The third kappa shape index (κ3) is 4.43. The Kier molecular flexibility index (Phi) is 5.73. The number of methoxy groups -OCH3 is 1. The second kappa shape index (κ2) is 8.96. The molecule has 32 heavy (non-hydrogen) atoms. The summed E-state index contributed by atoms with van der Waals surface area (Å²) in [5.74, 6) is 2.55. The van der Waals surface area contributed by atoms with Crippen LogP contribution >= 0.6 is 0 Å². The number of hydrogen-bond acceptors (Lipinski definition) is 7. The van der Waals surface area contributed by atoms with E-state index in [0.717, 1.165) is 66.4 Å². The molecular formula is C25H27N5O2. The van der Waals surface area contributed by atoms with E-state index in [-0.39, 0.29) is 5.95 Å². The molecule has 4 heterocycles. The molecule has 2 aromatic heterocycles. The molecule has 0 bridgehead atoms. The summed E-state index contributed by atoms with van der Waals surface area (Å²) in [5.41, 5.74) is 11.1. The molecule has 7 heteroatoms. The number of ether oxygens (including phenoxy) is 2. The smallest absolute Gasteiger partial charge is 0.219 e. The Balaban J connectivity index is 1.18. The number of benzene rings is 1. The molecule has 0 atom stereocenters. The maximum Gasteiger partial charge on any atom is 0.219 e. The van der Waals surface area contributed by atoms with E-state index in [1.54, 1.807) is 19.5 Å². The summed E-state index contributed by atoms with van der Waals surface area (Å²) in [6.45, 7) is 3.70. The number of hydrogen-bond donors (Lipinski definition) is 1. The van der Waals surface area contributed by atoms with Gasteiger partial charge in [-0.15, -0.1) is 0 Å². The maximum atomic E-state index is 5.95. The summed E-state index contributed by atoms with van der Waals surface area (Å²) >= 11 is 0. The van der Waals surface area contributed by atoms with Crippen LogP contribution in [-0.4, -0.2) is 53.2 Å². The zero-order chi connectivity index (χ0) is 21.9. The summed E-state index contributed by atoms with van der Waals surface area (Å²) < 4.78 is 11.3. The van der Waals surface area contributed by atoms with Crippen molar-refractivity contribution in [1.82, 2.24) is 19.9 Å². The molecule has 0 unspecified atom stereocenters. The van der Waals surface area contributed by atoms with Crippen LogP contribution in [-0.2, 0) is 0 Å². The number of nitrogen functional groups attached to an aromatic ring is 1. The van der Waals surface area contributed by atoms with E-state index in [1.807, 2.05) is 24.4 Å². The monoisotopic (exact) mass is 429 g/mol. The number of nitrogens with two attached hydrogens (primary N) is 1. The Morgan fingerprint density at radius 3 is 2.53 bits per heavy atom. The summed E-state index contributed by atoms with van der Waals surface area (Å²) in [7, 11) is 1.69. The molecule has 3 aromatic rings. The van der Waals surface area contributed by atoms with Gasteiger partial charge in [0.05, 0.1) is 7.11 Å². The first-order valence-corrected chi connectivity index (χ1v) is 10.9. The lowest BCUT2D eigenvalue weighted by Gasteiger charge is -2.33. The van der Waals surface area contributed by atoms with Crippen LogP contribution < -0.4 is 15.2 Å². The Bertz CT molecular complexity index is 1100. The predicted octanol–water partition coefficient (Wildman–Crippen LogP) is 3.78. The molecule has 5 rings (SSSR count). The van der Waals surface area contributed by atoms with E-state index < -0.39 is 0 Å². The Morgan fingerprint density at radius 2 is 1.81 bits per heavy atom. The van der Waals surface area contributed by atoms with Crippen LogP contribution in [0.4, 0.5) is 5.95 Å². The van der Waals surface area contributed by atoms with Gasteiger partial charge in [0.1, 0.15) is 18.1 Å². The lowest BCUT2D eigenvalue weighted by Crippen LogP contribution is -2.35. The van der Waals surface area contributed by atoms with Gasteiger partial charge >= 0.3 is 0 Å². The van der Waals surface area contributed by atoms with Crippen molar-refractivity contribution in [3.63, 3.8) is 0 Å². The molecule has 0 spiro atoms. The highest BCUT2D eigenvalue weighted by Gasteiger charge is 2.23. The largest absolute Gasteiger partial charge is 0.497 e. The lowest BCUT2D eigenvalue weighted by atomic mass is 9.92. The molecule has 164 valence electrons. The van der Waals surface area contributed by atoms with Gasteiger partial charge in [-0.05, 0) is 61.8 Å². The van der Waals surface area contributed by atoms with Gasteiger partial charge in [-0.3, -0.25) is 9.88 Å². The van der Waals surface area contributed by atoms with Crippen LogP contribution in [0.1, 0.15) is 30.0 Å². The van der Waals surface area contributed by atoms with E-state index in [2.05, 4.69) is 33.1 Å². The molecule has 2 aliphatic rings. The van der Waals surface area contributed by atoms with Crippen molar-refractivity contribution in [3.05, 3.63) is 65.8 Å². The van der Waals surface area contributed by atoms with E-state index in [4.69, 9.17) is 20.2 Å². The number of anilines is 1. The van der Waals surface area contributed by atoms with E-state index in [1.165, 1.54) is 5.57 Å². The zero-order valence-electron chi connectivity index (χ0n) is 18.2. The minimum Gasteiger partial charge on any atom is -0.497 e.